The van der Waals surface area contributed by atoms with E-state index < -0.39 is 0 Å². The van der Waals surface area contributed by atoms with E-state index in [1.54, 1.807) is 0 Å². The molecule has 0 radical (unpaired) electrons. The Labute approximate surface area is 141 Å². The molecule has 2 unspecified atom stereocenters. The van der Waals surface area contributed by atoms with Gasteiger partial charge < -0.3 is 15.3 Å². The van der Waals surface area contributed by atoms with Crippen molar-refractivity contribution in [2.45, 2.75) is 58.4 Å². The molecule has 2 fully saturated rings. The molecular formula is C18H35N3O2. The molecule has 0 aromatic rings. The average Bonchev–Trinajstić information content (AvgIpc) is 2.59. The summed E-state index contributed by atoms with van der Waals surface area (Å²) in [6.07, 6.45) is 5.87. The maximum atomic E-state index is 12.4. The molecule has 2 aliphatic heterocycles. The summed E-state index contributed by atoms with van der Waals surface area (Å²) in [4.78, 5) is 16.8. The van der Waals surface area contributed by atoms with Gasteiger partial charge in [-0.2, -0.15) is 0 Å². The normalized spacial score (nSPS) is 27.0. The first kappa shape index (κ1) is 18.5. The summed E-state index contributed by atoms with van der Waals surface area (Å²) < 4.78 is 0. The van der Waals surface area contributed by atoms with Crippen molar-refractivity contribution >= 4 is 6.03 Å². The number of carbonyl (C=O) groups excluding carboxylic acids is 1. The Morgan fingerprint density at radius 1 is 1.17 bits per heavy atom. The molecule has 2 amide bonds. The third kappa shape index (κ3) is 5.08. The molecule has 0 bridgehead atoms. The maximum absolute atomic E-state index is 12.4. The highest BCUT2D eigenvalue weighted by atomic mass is 16.3. The van der Waals surface area contributed by atoms with Gasteiger partial charge in [-0.05, 0) is 57.9 Å². The van der Waals surface area contributed by atoms with E-state index in [4.69, 9.17) is 0 Å². The fourth-order valence-electron chi connectivity index (χ4n) is 3.86. The summed E-state index contributed by atoms with van der Waals surface area (Å²) >= 11 is 0. The molecule has 2 atom stereocenters. The van der Waals surface area contributed by atoms with E-state index in [2.05, 4.69) is 31.0 Å². The molecule has 5 nitrogen and oxygen atoms in total. The number of urea groups is 1. The van der Waals surface area contributed by atoms with Crippen LogP contribution >= 0.6 is 0 Å². The van der Waals surface area contributed by atoms with Crippen molar-refractivity contribution < 1.29 is 9.90 Å². The smallest absolute Gasteiger partial charge is 0.317 e. The number of aliphatic hydroxyl groups excluding tert-OH is 1. The number of hydrogen-bond acceptors (Lipinski definition) is 3. The molecule has 5 heteroatoms. The van der Waals surface area contributed by atoms with Crippen molar-refractivity contribution in [2.75, 3.05) is 39.3 Å². The van der Waals surface area contributed by atoms with E-state index >= 15 is 0 Å². The van der Waals surface area contributed by atoms with Crippen LogP contribution in [0.5, 0.6) is 0 Å². The molecular weight excluding hydrogens is 290 g/mol. The molecule has 0 aromatic heterocycles. The fourth-order valence-corrected chi connectivity index (χ4v) is 3.86. The van der Waals surface area contributed by atoms with Crippen LogP contribution in [0.4, 0.5) is 4.79 Å². The lowest BCUT2D eigenvalue weighted by Crippen LogP contribution is -2.56. The summed E-state index contributed by atoms with van der Waals surface area (Å²) in [5.74, 6) is 1.04. The SMILES string of the molecule is CCC1CCCN(C(C)(C)CNC(=O)N2CCCC(CO)C2)C1. The number of carbonyl (C=O) groups is 1. The Morgan fingerprint density at radius 2 is 1.87 bits per heavy atom. The van der Waals surface area contributed by atoms with E-state index in [0.717, 1.165) is 38.4 Å². The number of hydrogen-bond donors (Lipinski definition) is 2. The first-order valence-electron chi connectivity index (χ1n) is 9.35. The summed E-state index contributed by atoms with van der Waals surface area (Å²) in [7, 11) is 0. The number of aliphatic hydroxyl groups is 1. The molecule has 0 saturated carbocycles. The number of likely N-dealkylation sites (tertiary alicyclic amines) is 2. The maximum Gasteiger partial charge on any atom is 0.317 e. The van der Waals surface area contributed by atoms with Crippen molar-refractivity contribution in [1.82, 2.24) is 15.1 Å². The van der Waals surface area contributed by atoms with E-state index in [1.165, 1.54) is 19.3 Å². The minimum absolute atomic E-state index is 0.00430. The van der Waals surface area contributed by atoms with Gasteiger partial charge in [0.1, 0.15) is 0 Å². The number of nitrogens with one attached hydrogen (secondary N) is 1. The van der Waals surface area contributed by atoms with Crippen LogP contribution in [0.25, 0.3) is 0 Å². The van der Waals surface area contributed by atoms with Gasteiger partial charge in [-0.3, -0.25) is 4.90 Å². The summed E-state index contributed by atoms with van der Waals surface area (Å²) in [5, 5.41) is 12.4. The first-order valence-corrected chi connectivity index (χ1v) is 9.35. The number of piperidine rings is 2. The third-order valence-electron chi connectivity index (χ3n) is 5.69. The molecule has 2 rings (SSSR count). The molecule has 23 heavy (non-hydrogen) atoms. The van der Waals surface area contributed by atoms with Crippen molar-refractivity contribution in [2.24, 2.45) is 11.8 Å². The van der Waals surface area contributed by atoms with Crippen LogP contribution in [-0.2, 0) is 0 Å². The number of amides is 2. The van der Waals surface area contributed by atoms with Crippen LogP contribution in [0.2, 0.25) is 0 Å². The predicted octanol–water partition coefficient (Wildman–Crippen LogP) is 2.30. The summed E-state index contributed by atoms with van der Waals surface area (Å²) in [6, 6.07) is 0.0280. The zero-order valence-corrected chi connectivity index (χ0v) is 15.2. The van der Waals surface area contributed by atoms with Gasteiger partial charge in [0.05, 0.1) is 0 Å². The van der Waals surface area contributed by atoms with E-state index in [-0.39, 0.29) is 24.1 Å². The van der Waals surface area contributed by atoms with Gasteiger partial charge in [0.2, 0.25) is 0 Å². The average molecular weight is 325 g/mol. The second kappa shape index (κ2) is 8.34. The minimum Gasteiger partial charge on any atom is -0.396 e. The minimum atomic E-state index is -0.00430. The molecule has 0 aliphatic carbocycles. The number of nitrogens with zero attached hydrogens (tertiary/aromatic N) is 2. The van der Waals surface area contributed by atoms with Gasteiger partial charge in [0.15, 0.2) is 0 Å². The highest BCUT2D eigenvalue weighted by Gasteiger charge is 2.32. The Bertz CT molecular complexity index is 386. The predicted molar refractivity (Wildman–Crippen MR) is 93.4 cm³/mol. The zero-order chi connectivity index (χ0) is 16.9. The third-order valence-corrected chi connectivity index (χ3v) is 5.69. The summed E-state index contributed by atoms with van der Waals surface area (Å²) in [6.45, 7) is 11.4. The monoisotopic (exact) mass is 325 g/mol. The molecule has 0 aromatic carbocycles. The molecule has 2 aliphatic rings. The lowest BCUT2D eigenvalue weighted by Gasteiger charge is -2.44. The van der Waals surface area contributed by atoms with Gasteiger partial charge in [0.25, 0.3) is 0 Å². The van der Waals surface area contributed by atoms with Gasteiger partial charge in [0, 0.05) is 38.3 Å². The van der Waals surface area contributed by atoms with Crippen LogP contribution in [-0.4, -0.2) is 65.8 Å². The highest BCUT2D eigenvalue weighted by Crippen LogP contribution is 2.25. The molecule has 2 saturated heterocycles. The van der Waals surface area contributed by atoms with Crippen molar-refractivity contribution in [3.05, 3.63) is 0 Å². The van der Waals surface area contributed by atoms with E-state index in [1.807, 2.05) is 4.90 Å². The van der Waals surface area contributed by atoms with Gasteiger partial charge in [-0.15, -0.1) is 0 Å². The van der Waals surface area contributed by atoms with Crippen molar-refractivity contribution in [3.8, 4) is 0 Å². The highest BCUT2D eigenvalue weighted by molar-refractivity contribution is 5.74. The zero-order valence-electron chi connectivity index (χ0n) is 15.2. The van der Waals surface area contributed by atoms with Gasteiger partial charge >= 0.3 is 6.03 Å². The lowest BCUT2D eigenvalue weighted by atomic mass is 9.91. The number of rotatable bonds is 5. The van der Waals surface area contributed by atoms with E-state index in [9.17, 15) is 9.90 Å². The van der Waals surface area contributed by atoms with Crippen LogP contribution in [0.15, 0.2) is 0 Å². The standard InChI is InChI=1S/C18H35N3O2/c1-4-15-7-6-10-21(12-15)18(2,3)14-19-17(23)20-9-5-8-16(11-20)13-22/h15-16,22H,4-14H2,1-3H3,(H,19,23). The van der Waals surface area contributed by atoms with Crippen LogP contribution in [0.1, 0.15) is 52.9 Å². The van der Waals surface area contributed by atoms with Gasteiger partial charge in [-0.25, -0.2) is 4.79 Å². The van der Waals surface area contributed by atoms with Gasteiger partial charge in [-0.1, -0.05) is 13.3 Å². The largest absolute Gasteiger partial charge is 0.396 e. The van der Waals surface area contributed by atoms with Crippen molar-refractivity contribution in [1.29, 1.82) is 0 Å². The van der Waals surface area contributed by atoms with E-state index in [0.29, 0.717) is 13.1 Å². The Morgan fingerprint density at radius 3 is 2.57 bits per heavy atom. The Hall–Kier alpha value is -0.810. The molecule has 2 N–H and O–H groups in total. The Kier molecular flexibility index (Phi) is 6.72. The molecule has 2 heterocycles. The summed E-state index contributed by atoms with van der Waals surface area (Å²) in [5.41, 5.74) is -0.00430. The van der Waals surface area contributed by atoms with Crippen LogP contribution in [0, 0.1) is 11.8 Å². The second-order valence-electron chi connectivity index (χ2n) is 7.97. The van der Waals surface area contributed by atoms with Crippen LogP contribution < -0.4 is 5.32 Å². The van der Waals surface area contributed by atoms with Crippen LogP contribution in [0.3, 0.4) is 0 Å². The topological polar surface area (TPSA) is 55.8 Å². The van der Waals surface area contributed by atoms with Crippen molar-refractivity contribution in [3.63, 3.8) is 0 Å². The second-order valence-corrected chi connectivity index (χ2v) is 7.97. The lowest BCUT2D eigenvalue weighted by molar-refractivity contribution is 0.0640. The quantitative estimate of drug-likeness (QED) is 0.815. The Balaban J connectivity index is 1.82. The fraction of sp³-hybridized carbons (Fsp3) is 0.944. The molecule has 134 valence electrons. The molecule has 0 spiro atoms. The first-order chi connectivity index (χ1) is 11.0.